The lowest BCUT2D eigenvalue weighted by molar-refractivity contribution is 0.702. The molecule has 1 atom stereocenters. The number of hydrogen-bond donors (Lipinski definition) is 0. The molecule has 4 rings (SSSR count). The van der Waals surface area contributed by atoms with Gasteiger partial charge < -0.3 is 4.90 Å². The first-order chi connectivity index (χ1) is 11.3. The monoisotopic (exact) mass is 322 g/mol. The molecule has 1 aliphatic heterocycles. The van der Waals surface area contributed by atoms with Gasteiger partial charge in [-0.3, -0.25) is 4.57 Å². The van der Waals surface area contributed by atoms with Crippen molar-refractivity contribution in [1.82, 2.24) is 14.8 Å². The highest BCUT2D eigenvalue weighted by atomic mass is 32.2. The summed E-state index contributed by atoms with van der Waals surface area (Å²) >= 11 is 1.77. The van der Waals surface area contributed by atoms with Crippen molar-refractivity contribution >= 4 is 23.4 Å². The number of para-hydroxylation sites is 1. The van der Waals surface area contributed by atoms with Gasteiger partial charge in [0, 0.05) is 24.0 Å². The molecule has 0 unspecified atom stereocenters. The molecular weight excluding hydrogens is 304 g/mol. The number of hydrogen-bond acceptors (Lipinski definition) is 4. The van der Waals surface area contributed by atoms with Crippen LogP contribution in [-0.2, 0) is 6.54 Å². The van der Waals surface area contributed by atoms with Gasteiger partial charge in [0.25, 0.3) is 0 Å². The van der Waals surface area contributed by atoms with Crippen molar-refractivity contribution in [3.05, 3.63) is 66.2 Å². The summed E-state index contributed by atoms with van der Waals surface area (Å²) in [6, 6.07) is 20.9. The van der Waals surface area contributed by atoms with Crippen molar-refractivity contribution in [3.63, 3.8) is 0 Å². The number of aromatic nitrogens is 3. The van der Waals surface area contributed by atoms with Gasteiger partial charge >= 0.3 is 0 Å². The predicted molar refractivity (Wildman–Crippen MR) is 94.2 cm³/mol. The first-order valence-corrected chi connectivity index (χ1v) is 8.68. The van der Waals surface area contributed by atoms with Gasteiger partial charge in [-0.15, -0.1) is 10.2 Å². The van der Waals surface area contributed by atoms with Crippen LogP contribution in [0.2, 0.25) is 0 Å². The largest absolute Gasteiger partial charge is 0.309 e. The topological polar surface area (TPSA) is 34.0 Å². The van der Waals surface area contributed by atoms with E-state index in [0.717, 1.165) is 24.2 Å². The number of fused-ring (bicyclic) bond motifs is 1. The highest BCUT2D eigenvalue weighted by Gasteiger charge is 2.26. The first-order valence-electron chi connectivity index (χ1n) is 7.80. The molecule has 0 aliphatic carbocycles. The minimum absolute atomic E-state index is 0.357. The lowest BCUT2D eigenvalue weighted by Gasteiger charge is -2.14. The Labute approximate surface area is 140 Å². The molecule has 0 N–H and O–H groups in total. The van der Waals surface area contributed by atoms with Crippen LogP contribution in [0.15, 0.2) is 65.8 Å². The van der Waals surface area contributed by atoms with E-state index in [9.17, 15) is 0 Å². The molecule has 23 heavy (non-hydrogen) atoms. The first kappa shape index (κ1) is 14.3. The minimum atomic E-state index is 0.357. The van der Waals surface area contributed by atoms with Crippen molar-refractivity contribution in [2.45, 2.75) is 23.9 Å². The Morgan fingerprint density at radius 3 is 2.35 bits per heavy atom. The molecule has 0 saturated heterocycles. The third-order valence-electron chi connectivity index (χ3n) is 4.10. The van der Waals surface area contributed by atoms with E-state index in [1.165, 1.54) is 11.3 Å². The SMILES string of the molecule is C[C@H](Sc1nnc2n1CCN2c1ccccc1)c1ccccc1. The van der Waals surface area contributed by atoms with Crippen LogP contribution in [0.1, 0.15) is 17.7 Å². The molecule has 3 aromatic rings. The van der Waals surface area contributed by atoms with E-state index >= 15 is 0 Å². The van der Waals surface area contributed by atoms with Crippen LogP contribution >= 0.6 is 11.8 Å². The van der Waals surface area contributed by atoms with Gasteiger partial charge in [-0.05, 0) is 24.6 Å². The third-order valence-corrected chi connectivity index (χ3v) is 5.24. The van der Waals surface area contributed by atoms with Gasteiger partial charge in [-0.1, -0.05) is 60.3 Å². The summed E-state index contributed by atoms with van der Waals surface area (Å²) in [4.78, 5) is 2.23. The smallest absolute Gasteiger partial charge is 0.232 e. The van der Waals surface area contributed by atoms with Crippen LogP contribution in [0.3, 0.4) is 0 Å². The van der Waals surface area contributed by atoms with Crippen LogP contribution in [0.5, 0.6) is 0 Å². The average Bonchev–Trinajstić information content (AvgIpc) is 3.19. The number of rotatable bonds is 4. The molecule has 1 aliphatic rings. The Morgan fingerprint density at radius 2 is 1.61 bits per heavy atom. The molecule has 2 heterocycles. The Morgan fingerprint density at radius 1 is 0.913 bits per heavy atom. The fourth-order valence-corrected chi connectivity index (χ4v) is 3.86. The zero-order valence-corrected chi connectivity index (χ0v) is 13.8. The zero-order chi connectivity index (χ0) is 15.6. The van der Waals surface area contributed by atoms with E-state index in [1.54, 1.807) is 11.8 Å². The van der Waals surface area contributed by atoms with E-state index in [-0.39, 0.29) is 0 Å². The second-order valence-corrected chi connectivity index (χ2v) is 6.90. The molecule has 4 nitrogen and oxygen atoms in total. The number of benzene rings is 2. The van der Waals surface area contributed by atoms with Crippen LogP contribution < -0.4 is 4.90 Å². The van der Waals surface area contributed by atoms with Gasteiger partial charge in [0.05, 0.1) is 0 Å². The van der Waals surface area contributed by atoms with Crippen LogP contribution in [0, 0.1) is 0 Å². The number of thioether (sulfide) groups is 1. The molecule has 2 aromatic carbocycles. The fraction of sp³-hybridized carbons (Fsp3) is 0.222. The Bertz CT molecular complexity index is 785. The molecule has 0 amide bonds. The molecule has 0 spiro atoms. The van der Waals surface area contributed by atoms with Gasteiger partial charge in [-0.25, -0.2) is 0 Å². The average molecular weight is 322 g/mol. The second kappa shape index (κ2) is 6.08. The summed E-state index contributed by atoms with van der Waals surface area (Å²) in [5.74, 6) is 0.943. The normalized spacial score (nSPS) is 14.7. The van der Waals surface area contributed by atoms with E-state index in [1.807, 2.05) is 12.1 Å². The van der Waals surface area contributed by atoms with E-state index in [0.29, 0.717) is 5.25 Å². The van der Waals surface area contributed by atoms with Crippen LogP contribution in [0.25, 0.3) is 0 Å². The lowest BCUT2D eigenvalue weighted by Crippen LogP contribution is -2.14. The molecule has 1 aromatic heterocycles. The standard InChI is InChI=1S/C18H18N4S/c1-14(15-8-4-2-5-9-15)23-18-20-19-17-21(12-13-22(17)18)16-10-6-3-7-11-16/h2-11,14H,12-13H2,1H3/t14-/m0/s1. The summed E-state index contributed by atoms with van der Waals surface area (Å²) < 4.78 is 2.22. The molecule has 5 heteroatoms. The summed E-state index contributed by atoms with van der Waals surface area (Å²) in [6.45, 7) is 4.09. The molecule has 116 valence electrons. The molecule has 0 saturated carbocycles. The summed E-state index contributed by atoms with van der Waals surface area (Å²) in [5.41, 5.74) is 2.49. The van der Waals surface area contributed by atoms with Gasteiger partial charge in [0.1, 0.15) is 0 Å². The van der Waals surface area contributed by atoms with Gasteiger partial charge in [0.2, 0.25) is 5.95 Å². The molecule has 0 bridgehead atoms. The molecule has 0 fully saturated rings. The second-order valence-electron chi connectivity index (χ2n) is 5.59. The Kier molecular flexibility index (Phi) is 3.79. The van der Waals surface area contributed by atoms with Gasteiger partial charge in [-0.2, -0.15) is 0 Å². The maximum absolute atomic E-state index is 4.42. The lowest BCUT2D eigenvalue weighted by atomic mass is 10.2. The predicted octanol–water partition coefficient (Wildman–Crippen LogP) is 4.28. The summed E-state index contributed by atoms with van der Waals surface area (Å²) in [6.07, 6.45) is 0. The van der Waals surface area contributed by atoms with Crippen molar-refractivity contribution in [2.75, 3.05) is 11.4 Å². The zero-order valence-electron chi connectivity index (χ0n) is 13.0. The van der Waals surface area contributed by atoms with Gasteiger partial charge in [0.15, 0.2) is 5.16 Å². The number of nitrogens with zero attached hydrogens (tertiary/aromatic N) is 4. The van der Waals surface area contributed by atoms with Crippen LogP contribution in [0.4, 0.5) is 11.6 Å². The highest BCUT2D eigenvalue weighted by molar-refractivity contribution is 7.99. The maximum Gasteiger partial charge on any atom is 0.232 e. The fourth-order valence-electron chi connectivity index (χ4n) is 2.87. The minimum Gasteiger partial charge on any atom is -0.309 e. The quantitative estimate of drug-likeness (QED) is 0.671. The van der Waals surface area contributed by atoms with E-state index in [4.69, 9.17) is 0 Å². The third kappa shape index (κ3) is 2.72. The summed E-state index contributed by atoms with van der Waals surface area (Å²) in [7, 11) is 0. The molecule has 0 radical (unpaired) electrons. The Balaban J connectivity index is 1.57. The number of anilines is 2. The van der Waals surface area contributed by atoms with Crippen molar-refractivity contribution in [1.29, 1.82) is 0 Å². The van der Waals surface area contributed by atoms with Crippen LogP contribution in [-0.4, -0.2) is 21.3 Å². The van der Waals surface area contributed by atoms with Crippen molar-refractivity contribution in [3.8, 4) is 0 Å². The summed E-state index contributed by atoms with van der Waals surface area (Å²) in [5, 5.41) is 10.2. The van der Waals surface area contributed by atoms with E-state index in [2.05, 4.69) is 75.1 Å². The maximum atomic E-state index is 4.42. The van der Waals surface area contributed by atoms with Crippen molar-refractivity contribution < 1.29 is 0 Å². The highest BCUT2D eigenvalue weighted by Crippen LogP contribution is 2.37. The Hall–Kier alpha value is -2.27. The van der Waals surface area contributed by atoms with E-state index < -0.39 is 0 Å². The molecular formula is C18H18N4S. The van der Waals surface area contributed by atoms with Crippen molar-refractivity contribution in [2.24, 2.45) is 0 Å².